The second kappa shape index (κ2) is 11.5. The highest BCUT2D eigenvalue weighted by Gasteiger charge is 2.14. The summed E-state index contributed by atoms with van der Waals surface area (Å²) in [7, 11) is 6.60. The van der Waals surface area contributed by atoms with Crippen molar-refractivity contribution >= 4 is 5.96 Å². The van der Waals surface area contributed by atoms with Crippen LogP contribution in [0.5, 0.6) is 17.2 Å². The van der Waals surface area contributed by atoms with Crippen LogP contribution in [0.25, 0.3) is 0 Å². The Bertz CT molecular complexity index is 549. The molecule has 148 valence electrons. The van der Waals surface area contributed by atoms with E-state index in [-0.39, 0.29) is 0 Å². The maximum Gasteiger partial charge on any atom is 0.203 e. The van der Waals surface area contributed by atoms with Crippen LogP contribution >= 0.6 is 0 Å². The van der Waals surface area contributed by atoms with Gasteiger partial charge in [-0.1, -0.05) is 13.8 Å². The van der Waals surface area contributed by atoms with Crippen molar-refractivity contribution in [2.45, 2.75) is 33.4 Å². The third-order valence-corrected chi connectivity index (χ3v) is 4.41. The lowest BCUT2D eigenvalue weighted by Gasteiger charge is -2.27. The molecule has 0 saturated carbocycles. The molecule has 0 heterocycles. The van der Waals surface area contributed by atoms with Crippen LogP contribution in [0, 0.1) is 0 Å². The first kappa shape index (κ1) is 21.9. The van der Waals surface area contributed by atoms with E-state index in [1.54, 1.807) is 28.4 Å². The normalized spacial score (nSPS) is 12.7. The molecular formula is C19H34N4O3. The predicted octanol–water partition coefficient (Wildman–Crippen LogP) is 2.11. The summed E-state index contributed by atoms with van der Waals surface area (Å²) in [5.74, 6) is 2.63. The minimum absolute atomic E-state index is 0.435. The first-order chi connectivity index (χ1) is 12.5. The summed E-state index contributed by atoms with van der Waals surface area (Å²) in [5.41, 5.74) is 1.01. The summed E-state index contributed by atoms with van der Waals surface area (Å²) in [4.78, 5) is 6.70. The third kappa shape index (κ3) is 5.98. The molecule has 26 heavy (non-hydrogen) atoms. The van der Waals surface area contributed by atoms with E-state index >= 15 is 0 Å². The minimum atomic E-state index is 0.435. The Morgan fingerprint density at radius 1 is 1.04 bits per heavy atom. The third-order valence-electron chi connectivity index (χ3n) is 4.41. The second-order valence-electron chi connectivity index (χ2n) is 5.91. The lowest BCUT2D eigenvalue weighted by Crippen LogP contribution is -2.45. The molecule has 0 saturated heterocycles. The van der Waals surface area contributed by atoms with E-state index in [1.807, 2.05) is 12.1 Å². The van der Waals surface area contributed by atoms with Gasteiger partial charge >= 0.3 is 0 Å². The molecule has 0 amide bonds. The van der Waals surface area contributed by atoms with Crippen molar-refractivity contribution in [3.8, 4) is 17.2 Å². The summed E-state index contributed by atoms with van der Waals surface area (Å²) in [5, 5.41) is 6.70. The van der Waals surface area contributed by atoms with E-state index in [0.717, 1.165) is 31.2 Å². The maximum absolute atomic E-state index is 5.40. The molecule has 1 aromatic rings. The Morgan fingerprint density at radius 2 is 1.62 bits per heavy atom. The smallest absolute Gasteiger partial charge is 0.203 e. The molecule has 0 aliphatic heterocycles. The van der Waals surface area contributed by atoms with Crippen LogP contribution in [0.2, 0.25) is 0 Å². The van der Waals surface area contributed by atoms with E-state index in [9.17, 15) is 0 Å². The topological polar surface area (TPSA) is 67.4 Å². The van der Waals surface area contributed by atoms with E-state index < -0.39 is 0 Å². The number of aliphatic imine (C=N–C) groups is 1. The molecule has 1 rings (SSSR count). The summed E-state index contributed by atoms with van der Waals surface area (Å²) in [6.07, 6.45) is 0. The highest BCUT2D eigenvalue weighted by Crippen LogP contribution is 2.38. The van der Waals surface area contributed by atoms with Gasteiger partial charge in [-0.2, -0.15) is 0 Å². The van der Waals surface area contributed by atoms with Gasteiger partial charge in [0.1, 0.15) is 0 Å². The highest BCUT2D eigenvalue weighted by atomic mass is 16.5. The van der Waals surface area contributed by atoms with E-state index in [2.05, 4.69) is 41.3 Å². The van der Waals surface area contributed by atoms with Crippen LogP contribution < -0.4 is 24.8 Å². The molecule has 0 radical (unpaired) electrons. The van der Waals surface area contributed by atoms with Gasteiger partial charge in [0.05, 0.1) is 21.3 Å². The lowest BCUT2D eigenvalue weighted by molar-refractivity contribution is 0.231. The number of guanidine groups is 1. The fourth-order valence-corrected chi connectivity index (χ4v) is 2.86. The Morgan fingerprint density at radius 3 is 2.04 bits per heavy atom. The number of hydrogen-bond acceptors (Lipinski definition) is 5. The number of nitrogens with zero attached hydrogens (tertiary/aromatic N) is 2. The first-order valence-corrected chi connectivity index (χ1v) is 9.01. The molecule has 0 aliphatic rings. The van der Waals surface area contributed by atoms with Gasteiger partial charge in [0.25, 0.3) is 0 Å². The van der Waals surface area contributed by atoms with Crippen LogP contribution in [0.4, 0.5) is 0 Å². The van der Waals surface area contributed by atoms with Gasteiger partial charge in [0.2, 0.25) is 5.75 Å². The van der Waals surface area contributed by atoms with Gasteiger partial charge in [-0.15, -0.1) is 0 Å². The number of nitrogens with one attached hydrogen (secondary N) is 2. The molecule has 1 atom stereocenters. The van der Waals surface area contributed by atoms with Gasteiger partial charge in [0.15, 0.2) is 17.5 Å². The van der Waals surface area contributed by atoms with Crippen LogP contribution in [0.1, 0.15) is 26.3 Å². The Kier molecular flexibility index (Phi) is 9.65. The largest absolute Gasteiger partial charge is 0.493 e. The predicted molar refractivity (Wildman–Crippen MR) is 107 cm³/mol. The van der Waals surface area contributed by atoms with Gasteiger partial charge in [-0.3, -0.25) is 9.89 Å². The molecule has 2 N–H and O–H groups in total. The monoisotopic (exact) mass is 366 g/mol. The van der Waals surface area contributed by atoms with Crippen molar-refractivity contribution in [2.75, 3.05) is 48.0 Å². The van der Waals surface area contributed by atoms with Gasteiger partial charge in [-0.25, -0.2) is 0 Å². The molecule has 7 nitrogen and oxygen atoms in total. The molecular weight excluding hydrogens is 332 g/mol. The van der Waals surface area contributed by atoms with E-state index in [4.69, 9.17) is 14.2 Å². The van der Waals surface area contributed by atoms with Crippen molar-refractivity contribution in [1.82, 2.24) is 15.5 Å². The molecule has 0 spiro atoms. The average molecular weight is 367 g/mol. The maximum atomic E-state index is 5.40. The zero-order valence-electron chi connectivity index (χ0n) is 17.2. The van der Waals surface area contributed by atoms with Crippen LogP contribution in [-0.2, 0) is 6.54 Å². The molecule has 0 fully saturated rings. The fraction of sp³-hybridized carbons (Fsp3) is 0.632. The van der Waals surface area contributed by atoms with Crippen molar-refractivity contribution in [2.24, 2.45) is 4.99 Å². The van der Waals surface area contributed by atoms with Crippen LogP contribution in [-0.4, -0.2) is 64.9 Å². The molecule has 0 aliphatic carbocycles. The quantitative estimate of drug-likeness (QED) is 0.488. The van der Waals surface area contributed by atoms with Crippen LogP contribution in [0.3, 0.4) is 0 Å². The summed E-state index contributed by atoms with van der Waals surface area (Å²) >= 11 is 0. The van der Waals surface area contributed by atoms with E-state index in [0.29, 0.717) is 29.8 Å². The summed E-state index contributed by atoms with van der Waals surface area (Å²) in [6.45, 7) is 10.1. The Balaban J connectivity index is 2.71. The van der Waals surface area contributed by atoms with Crippen LogP contribution in [0.15, 0.2) is 17.1 Å². The molecule has 1 aromatic carbocycles. The number of methoxy groups -OCH3 is 3. The molecule has 0 aromatic heterocycles. The number of rotatable bonds is 10. The number of hydrogen-bond donors (Lipinski definition) is 2. The van der Waals surface area contributed by atoms with Crippen molar-refractivity contribution in [3.05, 3.63) is 17.7 Å². The zero-order chi connectivity index (χ0) is 19.5. The van der Waals surface area contributed by atoms with E-state index in [1.165, 1.54) is 0 Å². The summed E-state index contributed by atoms with van der Waals surface area (Å²) in [6, 6.07) is 4.30. The average Bonchev–Trinajstić information content (AvgIpc) is 2.67. The number of benzene rings is 1. The highest BCUT2D eigenvalue weighted by molar-refractivity contribution is 5.79. The number of ether oxygens (including phenoxy) is 3. The van der Waals surface area contributed by atoms with Crippen molar-refractivity contribution in [1.29, 1.82) is 0 Å². The minimum Gasteiger partial charge on any atom is -0.493 e. The Labute approximate surface area is 157 Å². The molecule has 0 bridgehead atoms. The molecule has 1 unspecified atom stereocenters. The summed E-state index contributed by atoms with van der Waals surface area (Å²) < 4.78 is 16.2. The van der Waals surface area contributed by atoms with Crippen molar-refractivity contribution < 1.29 is 14.2 Å². The standard InChI is InChI=1S/C19H34N4O3/c1-8-23(9-2)14(3)12-21-19(20-4)22-13-15-10-16(24-5)18(26-7)17(11-15)25-6/h10-11,14H,8-9,12-13H2,1-7H3,(H2,20,21,22). The van der Waals surface area contributed by atoms with Gasteiger partial charge in [0, 0.05) is 26.2 Å². The molecule has 7 heteroatoms. The van der Waals surface area contributed by atoms with Crippen molar-refractivity contribution in [3.63, 3.8) is 0 Å². The van der Waals surface area contributed by atoms with Gasteiger partial charge in [-0.05, 0) is 37.7 Å². The Hall–Kier alpha value is -2.15. The SMILES string of the molecule is CCN(CC)C(C)CNC(=NC)NCc1cc(OC)c(OC)c(OC)c1. The fourth-order valence-electron chi connectivity index (χ4n) is 2.86. The lowest BCUT2D eigenvalue weighted by atomic mass is 10.2. The second-order valence-corrected chi connectivity index (χ2v) is 5.91. The van der Waals surface area contributed by atoms with Gasteiger partial charge < -0.3 is 24.8 Å². The zero-order valence-corrected chi connectivity index (χ0v) is 17.2. The number of likely N-dealkylation sites (N-methyl/N-ethyl adjacent to an activating group) is 1. The first-order valence-electron chi connectivity index (χ1n) is 9.01.